The Kier molecular flexibility index (Phi) is 7.39. The molecule has 0 aromatic heterocycles. The van der Waals surface area contributed by atoms with Crippen molar-refractivity contribution < 1.29 is 22.7 Å². The first-order chi connectivity index (χ1) is 13.9. The van der Waals surface area contributed by atoms with Crippen molar-refractivity contribution in [2.75, 3.05) is 5.32 Å². The summed E-state index contributed by atoms with van der Waals surface area (Å²) in [6.07, 6.45) is -1.09. The molecule has 2 aromatic carbocycles. The number of sulfonamides is 1. The molecule has 1 amide bonds. The molecule has 2 atom stereocenters. The fourth-order valence-corrected chi connectivity index (χ4v) is 4.19. The van der Waals surface area contributed by atoms with E-state index in [-0.39, 0.29) is 4.90 Å². The maximum atomic E-state index is 12.5. The summed E-state index contributed by atoms with van der Waals surface area (Å²) < 4.78 is 32.3. The van der Waals surface area contributed by atoms with Gasteiger partial charge in [-0.1, -0.05) is 35.4 Å². The molecular formula is C22H28N2O5S. The van der Waals surface area contributed by atoms with Crippen molar-refractivity contribution in [3.8, 4) is 0 Å². The fourth-order valence-electron chi connectivity index (χ4n) is 3.00. The Hall–Kier alpha value is -2.71. The van der Waals surface area contributed by atoms with E-state index in [4.69, 9.17) is 4.74 Å². The van der Waals surface area contributed by atoms with E-state index < -0.39 is 34.0 Å². The van der Waals surface area contributed by atoms with Crippen molar-refractivity contribution in [1.29, 1.82) is 0 Å². The summed E-state index contributed by atoms with van der Waals surface area (Å²) in [5.74, 6) is -1.34. The van der Waals surface area contributed by atoms with Gasteiger partial charge in [-0.25, -0.2) is 8.42 Å². The molecule has 0 saturated heterocycles. The highest BCUT2D eigenvalue weighted by atomic mass is 32.2. The maximum absolute atomic E-state index is 12.5. The topological polar surface area (TPSA) is 102 Å². The van der Waals surface area contributed by atoms with Crippen LogP contribution in [0.5, 0.6) is 0 Å². The number of ether oxygens (including phenoxy) is 1. The Morgan fingerprint density at radius 2 is 1.43 bits per heavy atom. The van der Waals surface area contributed by atoms with Crippen LogP contribution in [-0.4, -0.2) is 32.4 Å². The molecule has 0 bridgehead atoms. The van der Waals surface area contributed by atoms with Crippen LogP contribution in [0.25, 0.3) is 0 Å². The van der Waals surface area contributed by atoms with Crippen molar-refractivity contribution in [3.63, 3.8) is 0 Å². The third-order valence-electron chi connectivity index (χ3n) is 4.60. The number of benzene rings is 2. The van der Waals surface area contributed by atoms with Gasteiger partial charge in [0.1, 0.15) is 6.04 Å². The second-order valence-electron chi connectivity index (χ2n) is 7.50. The number of hydrogen-bond acceptors (Lipinski definition) is 5. The van der Waals surface area contributed by atoms with Crippen LogP contribution in [0.4, 0.5) is 5.69 Å². The summed E-state index contributed by atoms with van der Waals surface area (Å²) in [6.45, 7) is 10.4. The van der Waals surface area contributed by atoms with E-state index in [9.17, 15) is 18.0 Å². The van der Waals surface area contributed by atoms with Crippen LogP contribution < -0.4 is 10.0 Å². The number of anilines is 1. The molecule has 0 heterocycles. The minimum atomic E-state index is -3.89. The van der Waals surface area contributed by atoms with Gasteiger partial charge in [0, 0.05) is 5.69 Å². The summed E-state index contributed by atoms with van der Waals surface area (Å²) in [6, 6.07) is 8.98. The third kappa shape index (κ3) is 5.90. The zero-order valence-electron chi connectivity index (χ0n) is 18.1. The quantitative estimate of drug-likeness (QED) is 0.655. The van der Waals surface area contributed by atoms with Crippen molar-refractivity contribution in [1.82, 2.24) is 4.72 Å². The Bertz CT molecular complexity index is 1020. The number of rotatable bonds is 7. The molecule has 2 N–H and O–H groups in total. The lowest BCUT2D eigenvalue weighted by Crippen LogP contribution is -2.42. The van der Waals surface area contributed by atoms with E-state index in [0.29, 0.717) is 5.69 Å². The molecule has 0 aliphatic heterocycles. The lowest BCUT2D eigenvalue weighted by atomic mass is 10.0. The molecule has 1 unspecified atom stereocenters. The monoisotopic (exact) mass is 432 g/mol. The molecule has 0 fully saturated rings. The number of amides is 1. The summed E-state index contributed by atoms with van der Waals surface area (Å²) >= 11 is 0. The van der Waals surface area contributed by atoms with Crippen molar-refractivity contribution in [2.24, 2.45) is 0 Å². The lowest BCUT2D eigenvalue weighted by molar-refractivity contribution is -0.154. The molecule has 8 heteroatoms. The Morgan fingerprint density at radius 1 is 0.900 bits per heavy atom. The second kappa shape index (κ2) is 9.40. The van der Waals surface area contributed by atoms with Gasteiger partial charge in [0.25, 0.3) is 5.91 Å². The standard InChI is InChI=1S/C22H28N2O5S/c1-13-7-9-19(10-8-13)30(27,28)24-17(5)22(26)29-18(6)21(25)23-20-15(3)11-14(2)12-16(20)4/h7-12,17-18,24H,1-6H3,(H,23,25)/t17-,18?/m0/s1. The predicted molar refractivity (Wildman–Crippen MR) is 116 cm³/mol. The van der Waals surface area contributed by atoms with Crippen molar-refractivity contribution in [3.05, 3.63) is 58.7 Å². The summed E-state index contributed by atoms with van der Waals surface area (Å²) in [5.41, 5.74) is 4.47. The number of hydrogen-bond donors (Lipinski definition) is 2. The van der Waals surface area contributed by atoms with Crippen LogP contribution >= 0.6 is 0 Å². The zero-order valence-corrected chi connectivity index (χ0v) is 18.9. The highest BCUT2D eigenvalue weighted by Crippen LogP contribution is 2.22. The summed E-state index contributed by atoms with van der Waals surface area (Å²) in [4.78, 5) is 24.8. The van der Waals surface area contributed by atoms with Gasteiger partial charge in [-0.2, -0.15) is 4.72 Å². The minimum absolute atomic E-state index is 0.0452. The SMILES string of the molecule is Cc1ccc(S(=O)(=O)N[C@@H](C)C(=O)OC(C)C(=O)Nc2c(C)cc(C)cc2C)cc1. The van der Waals surface area contributed by atoms with Crippen LogP contribution in [0.15, 0.2) is 41.3 Å². The number of aryl methyl sites for hydroxylation is 4. The fraction of sp³-hybridized carbons (Fsp3) is 0.364. The van der Waals surface area contributed by atoms with E-state index >= 15 is 0 Å². The molecule has 30 heavy (non-hydrogen) atoms. The van der Waals surface area contributed by atoms with Gasteiger partial charge in [-0.15, -0.1) is 0 Å². The van der Waals surface area contributed by atoms with Gasteiger partial charge in [-0.05, 0) is 64.8 Å². The van der Waals surface area contributed by atoms with Gasteiger partial charge >= 0.3 is 5.97 Å². The van der Waals surface area contributed by atoms with Gasteiger partial charge in [0.05, 0.1) is 4.90 Å². The molecule has 0 saturated carbocycles. The Labute approximate surface area is 177 Å². The zero-order chi connectivity index (χ0) is 22.6. The number of carbonyl (C=O) groups is 2. The van der Waals surface area contributed by atoms with Crippen LogP contribution in [0, 0.1) is 27.7 Å². The first-order valence-electron chi connectivity index (χ1n) is 9.59. The first kappa shape index (κ1) is 23.6. The second-order valence-corrected chi connectivity index (χ2v) is 9.21. The lowest BCUT2D eigenvalue weighted by Gasteiger charge is -2.19. The Balaban J connectivity index is 2.00. The maximum Gasteiger partial charge on any atom is 0.324 e. The number of nitrogens with one attached hydrogen (secondary N) is 2. The van der Waals surface area contributed by atoms with Crippen LogP contribution in [-0.2, 0) is 24.3 Å². The molecule has 2 rings (SSSR count). The largest absolute Gasteiger partial charge is 0.451 e. The highest BCUT2D eigenvalue weighted by molar-refractivity contribution is 7.89. The molecule has 162 valence electrons. The average molecular weight is 433 g/mol. The number of carbonyl (C=O) groups excluding carboxylic acids is 2. The van der Waals surface area contributed by atoms with E-state index in [2.05, 4.69) is 10.0 Å². The average Bonchev–Trinajstić information content (AvgIpc) is 2.64. The van der Waals surface area contributed by atoms with E-state index in [0.717, 1.165) is 22.3 Å². The van der Waals surface area contributed by atoms with E-state index in [1.807, 2.05) is 39.8 Å². The van der Waals surface area contributed by atoms with E-state index in [1.165, 1.54) is 26.0 Å². The number of esters is 1. The molecule has 0 aliphatic carbocycles. The molecule has 0 aliphatic rings. The minimum Gasteiger partial charge on any atom is -0.451 e. The molecule has 0 spiro atoms. The summed E-state index contributed by atoms with van der Waals surface area (Å²) in [5, 5.41) is 2.77. The van der Waals surface area contributed by atoms with Crippen molar-refractivity contribution in [2.45, 2.75) is 58.6 Å². The van der Waals surface area contributed by atoms with Crippen LogP contribution in [0.3, 0.4) is 0 Å². The molecular weight excluding hydrogens is 404 g/mol. The molecule has 2 aromatic rings. The van der Waals surface area contributed by atoms with E-state index in [1.54, 1.807) is 12.1 Å². The summed E-state index contributed by atoms with van der Waals surface area (Å²) in [7, 11) is -3.89. The van der Waals surface area contributed by atoms with Gasteiger partial charge in [0.2, 0.25) is 10.0 Å². The van der Waals surface area contributed by atoms with Crippen LogP contribution in [0.1, 0.15) is 36.1 Å². The normalized spacial score (nSPS) is 13.4. The van der Waals surface area contributed by atoms with Gasteiger partial charge < -0.3 is 10.1 Å². The van der Waals surface area contributed by atoms with Crippen molar-refractivity contribution >= 4 is 27.6 Å². The van der Waals surface area contributed by atoms with Crippen LogP contribution in [0.2, 0.25) is 0 Å². The molecule has 0 radical (unpaired) electrons. The first-order valence-corrected chi connectivity index (χ1v) is 11.1. The third-order valence-corrected chi connectivity index (χ3v) is 6.16. The Morgan fingerprint density at radius 3 is 1.97 bits per heavy atom. The predicted octanol–water partition coefficient (Wildman–Crippen LogP) is 3.16. The smallest absolute Gasteiger partial charge is 0.324 e. The molecule has 7 nitrogen and oxygen atoms in total. The van der Waals surface area contributed by atoms with Gasteiger partial charge in [-0.3, -0.25) is 9.59 Å². The highest BCUT2D eigenvalue weighted by Gasteiger charge is 2.26. The van der Waals surface area contributed by atoms with Gasteiger partial charge in [0.15, 0.2) is 6.10 Å².